The van der Waals surface area contributed by atoms with E-state index in [4.69, 9.17) is 14.5 Å². The van der Waals surface area contributed by atoms with Crippen LogP contribution in [-0.4, -0.2) is 86.6 Å². The van der Waals surface area contributed by atoms with Crippen LogP contribution in [0.3, 0.4) is 0 Å². The average molecular weight is 882 g/mol. The highest BCUT2D eigenvalue weighted by Gasteiger charge is 2.38. The van der Waals surface area contributed by atoms with Crippen LogP contribution < -0.4 is 16.0 Å². The predicted molar refractivity (Wildman–Crippen MR) is 247 cm³/mol. The molecule has 0 radical (unpaired) electrons. The number of aromatic nitrogens is 2. The molecule has 7 rings (SSSR count). The fourth-order valence-electron chi connectivity index (χ4n) is 8.32. The fourth-order valence-corrected chi connectivity index (χ4v) is 8.32. The minimum Gasteiger partial charge on any atom is -0.444 e. The summed E-state index contributed by atoms with van der Waals surface area (Å²) in [6.45, 7) is 12.0. The number of benzene rings is 4. The van der Waals surface area contributed by atoms with E-state index < -0.39 is 35.5 Å². The van der Waals surface area contributed by atoms with Crippen LogP contribution in [0, 0.1) is 0 Å². The van der Waals surface area contributed by atoms with Crippen LogP contribution in [0.25, 0.3) is 22.4 Å². The van der Waals surface area contributed by atoms with Crippen LogP contribution in [0.5, 0.6) is 0 Å². The predicted octanol–water partition coefficient (Wildman–Crippen LogP) is 8.66. The Morgan fingerprint density at radius 2 is 1.12 bits per heavy atom. The monoisotopic (exact) mass is 881 g/mol. The summed E-state index contributed by atoms with van der Waals surface area (Å²) in [7, 11) is 0. The number of ether oxygens (including phenoxy) is 2. The second kappa shape index (κ2) is 19.8. The van der Waals surface area contributed by atoms with Gasteiger partial charge in [-0.3, -0.25) is 14.4 Å². The molecule has 0 spiro atoms. The first-order chi connectivity index (χ1) is 31.0. The molecule has 1 aromatic heterocycles. The Hall–Kier alpha value is -6.96. The van der Waals surface area contributed by atoms with Gasteiger partial charge in [0.15, 0.2) is 0 Å². The lowest BCUT2D eigenvalue weighted by Crippen LogP contribution is -2.49. The molecule has 0 bridgehead atoms. The van der Waals surface area contributed by atoms with Gasteiger partial charge < -0.3 is 40.2 Å². The Bertz CT molecular complexity index is 2440. The Labute approximate surface area is 380 Å². The molecule has 4 N–H and O–H groups in total. The molecule has 0 saturated carbocycles. The maximum absolute atomic E-state index is 14.1. The van der Waals surface area contributed by atoms with Crippen LogP contribution in [0.4, 0.5) is 9.59 Å². The Kier molecular flexibility index (Phi) is 14.0. The van der Waals surface area contributed by atoms with Gasteiger partial charge in [-0.05, 0) is 107 Å². The van der Waals surface area contributed by atoms with Crippen molar-refractivity contribution in [1.29, 1.82) is 0 Å². The zero-order valence-electron chi connectivity index (χ0n) is 37.9. The second-order valence-corrected chi connectivity index (χ2v) is 18.5. The number of aromatic amines is 1. The minimum atomic E-state index is -0.933. The molecule has 340 valence electrons. The number of H-pyrrole nitrogens is 1. The van der Waals surface area contributed by atoms with E-state index in [-0.39, 0.29) is 36.3 Å². The summed E-state index contributed by atoms with van der Waals surface area (Å²) in [5.41, 5.74) is 3.99. The summed E-state index contributed by atoms with van der Waals surface area (Å²) in [5, 5.41) is 8.60. The molecule has 14 heteroatoms. The van der Waals surface area contributed by atoms with Gasteiger partial charge in [-0.15, -0.1) is 0 Å². The van der Waals surface area contributed by atoms with Crippen molar-refractivity contribution < 1.29 is 33.4 Å². The van der Waals surface area contributed by atoms with Crippen molar-refractivity contribution in [1.82, 2.24) is 35.7 Å². The van der Waals surface area contributed by atoms with Gasteiger partial charge in [0.05, 0.1) is 17.9 Å². The summed E-state index contributed by atoms with van der Waals surface area (Å²) in [4.78, 5) is 78.8. The number of alkyl carbamates (subject to hydrolysis) is 2. The minimum absolute atomic E-state index is 0.230. The van der Waals surface area contributed by atoms with Crippen molar-refractivity contribution in [3.8, 4) is 22.4 Å². The molecule has 14 nitrogen and oxygen atoms in total. The standard InChI is InChI=1S/C51H59N7O7/c1-50(2,3)64-48(62)55-42(36-15-9-7-10-16-36)46(60)57-29-13-19-39(57)31-53-45(59)38-27-23-34(24-28-38)33-21-25-35(26-22-33)40-32-52-44(54-40)41-20-14-30-58(41)47(61)43(37-17-11-8-12-18-37)56-49(63)65-51(4,5)6/h7-12,15-18,21-28,32,39,41-43H,13-14,19-20,29-31H2,1-6H3,(H,52,54)(H,53,59)(H,55,62)(H,56,63)/t39-,41-,42+,43+/m0/s1. The third-order valence-corrected chi connectivity index (χ3v) is 11.4. The maximum atomic E-state index is 14.1. The first-order valence-electron chi connectivity index (χ1n) is 22.3. The van der Waals surface area contributed by atoms with Gasteiger partial charge in [0, 0.05) is 31.2 Å². The van der Waals surface area contributed by atoms with E-state index in [1.165, 1.54) is 0 Å². The molecule has 2 fully saturated rings. The smallest absolute Gasteiger partial charge is 0.408 e. The molecule has 2 saturated heterocycles. The number of hydrogen-bond donors (Lipinski definition) is 4. The third-order valence-electron chi connectivity index (χ3n) is 11.4. The van der Waals surface area contributed by atoms with E-state index in [1.807, 2.05) is 84.9 Å². The highest BCUT2D eigenvalue weighted by molar-refractivity contribution is 5.95. The van der Waals surface area contributed by atoms with Gasteiger partial charge in [-0.1, -0.05) is 97.1 Å². The number of amides is 5. The molecule has 2 aliphatic rings. The largest absolute Gasteiger partial charge is 0.444 e. The lowest BCUT2D eigenvalue weighted by atomic mass is 10.0. The molecule has 4 atom stereocenters. The van der Waals surface area contributed by atoms with E-state index in [1.54, 1.807) is 81.8 Å². The van der Waals surface area contributed by atoms with Gasteiger partial charge in [-0.2, -0.15) is 0 Å². The normalized spacial score (nSPS) is 17.2. The number of nitrogens with one attached hydrogen (secondary N) is 4. The van der Waals surface area contributed by atoms with Crippen molar-refractivity contribution in [2.75, 3.05) is 19.6 Å². The highest BCUT2D eigenvalue weighted by Crippen LogP contribution is 2.35. The fraction of sp³-hybridized carbons (Fsp3) is 0.373. The first kappa shape index (κ1) is 46.0. The highest BCUT2D eigenvalue weighted by atomic mass is 16.6. The number of likely N-dealkylation sites (tertiary alicyclic amines) is 2. The second-order valence-electron chi connectivity index (χ2n) is 18.5. The summed E-state index contributed by atoms with van der Waals surface area (Å²) in [5.74, 6) is -0.0548. The lowest BCUT2D eigenvalue weighted by molar-refractivity contribution is -0.135. The molecule has 5 amide bonds. The number of carbonyl (C=O) groups is 5. The summed E-state index contributed by atoms with van der Waals surface area (Å²) in [6.07, 6.45) is 3.45. The Morgan fingerprint density at radius 1 is 0.646 bits per heavy atom. The molecule has 2 aliphatic heterocycles. The van der Waals surface area contributed by atoms with E-state index in [0.717, 1.165) is 48.1 Å². The van der Waals surface area contributed by atoms with Gasteiger partial charge in [0.2, 0.25) is 5.91 Å². The number of imidazole rings is 1. The van der Waals surface area contributed by atoms with E-state index in [9.17, 15) is 24.0 Å². The van der Waals surface area contributed by atoms with Crippen LogP contribution in [0.2, 0.25) is 0 Å². The molecule has 0 aliphatic carbocycles. The number of hydrogen-bond acceptors (Lipinski definition) is 8. The van der Waals surface area contributed by atoms with Gasteiger partial charge in [0.1, 0.15) is 29.1 Å². The quantitative estimate of drug-likeness (QED) is 0.0963. The topological polar surface area (TPSA) is 175 Å². The SMILES string of the molecule is CC(C)(C)OC(=O)N[C@@H](C(=O)N1CCC[C@H]1CNC(=O)c1ccc(-c2ccc(-c3cnc([C@@H]4CCCN4C(=O)[C@H](NC(=O)OC(C)(C)C)c4ccccc4)[nH]3)cc2)cc1)c1ccccc1. The van der Waals surface area contributed by atoms with Crippen molar-refractivity contribution in [3.05, 3.63) is 138 Å². The summed E-state index contributed by atoms with van der Waals surface area (Å²) >= 11 is 0. The van der Waals surface area contributed by atoms with Crippen molar-refractivity contribution in [2.24, 2.45) is 0 Å². The first-order valence-corrected chi connectivity index (χ1v) is 22.3. The Morgan fingerprint density at radius 3 is 1.66 bits per heavy atom. The van der Waals surface area contributed by atoms with Crippen LogP contribution in [0.1, 0.15) is 113 Å². The number of carbonyl (C=O) groups excluding carboxylic acids is 5. The molecule has 5 aromatic rings. The van der Waals surface area contributed by atoms with Crippen molar-refractivity contribution in [2.45, 2.75) is 103 Å². The molecule has 3 heterocycles. The summed E-state index contributed by atoms with van der Waals surface area (Å²) in [6, 6.07) is 31.3. The van der Waals surface area contributed by atoms with Crippen LogP contribution >= 0.6 is 0 Å². The zero-order chi connectivity index (χ0) is 46.3. The molecule has 0 unspecified atom stereocenters. The van der Waals surface area contributed by atoms with Gasteiger partial charge >= 0.3 is 12.2 Å². The number of rotatable bonds is 12. The van der Waals surface area contributed by atoms with Gasteiger partial charge in [-0.25, -0.2) is 14.6 Å². The lowest BCUT2D eigenvalue weighted by Gasteiger charge is -2.30. The third kappa shape index (κ3) is 11.8. The number of nitrogens with zero attached hydrogens (tertiary/aromatic N) is 3. The van der Waals surface area contributed by atoms with E-state index in [0.29, 0.717) is 35.6 Å². The van der Waals surface area contributed by atoms with E-state index in [2.05, 4.69) is 20.9 Å². The van der Waals surface area contributed by atoms with Crippen molar-refractivity contribution in [3.63, 3.8) is 0 Å². The van der Waals surface area contributed by atoms with E-state index >= 15 is 0 Å². The Balaban J connectivity index is 0.959. The average Bonchev–Trinajstić information content (AvgIpc) is 4.08. The molecular weight excluding hydrogens is 823 g/mol. The molecule has 65 heavy (non-hydrogen) atoms. The molecule has 4 aromatic carbocycles. The van der Waals surface area contributed by atoms with Crippen LogP contribution in [0.15, 0.2) is 115 Å². The van der Waals surface area contributed by atoms with Crippen LogP contribution in [-0.2, 0) is 19.1 Å². The molecular formula is C51H59N7O7. The van der Waals surface area contributed by atoms with Crippen molar-refractivity contribution >= 4 is 29.9 Å². The van der Waals surface area contributed by atoms with Gasteiger partial charge in [0.25, 0.3) is 11.8 Å². The zero-order valence-corrected chi connectivity index (χ0v) is 37.9. The maximum Gasteiger partial charge on any atom is 0.408 e. The summed E-state index contributed by atoms with van der Waals surface area (Å²) < 4.78 is 11.0.